The molecule has 12 heavy (non-hydrogen) atoms. The lowest BCUT2D eigenvalue weighted by Gasteiger charge is -2.05. The molecule has 0 atom stereocenters. The molecule has 1 aromatic carbocycles. The zero-order valence-corrected chi connectivity index (χ0v) is 9.05. The van der Waals surface area contributed by atoms with Gasteiger partial charge < -0.3 is 4.74 Å². The van der Waals surface area contributed by atoms with E-state index in [1.807, 2.05) is 19.1 Å². The summed E-state index contributed by atoms with van der Waals surface area (Å²) in [5, 5.41) is 8.77. The van der Waals surface area contributed by atoms with Crippen molar-refractivity contribution < 1.29 is 4.74 Å². The first-order chi connectivity index (χ1) is 5.69. The molecule has 0 aromatic heterocycles. The average molecular weight is 273 g/mol. The normalized spacial score (nSPS) is 9.17. The van der Waals surface area contributed by atoms with Crippen LogP contribution in [0.1, 0.15) is 11.1 Å². The van der Waals surface area contributed by atoms with Crippen LogP contribution in [0.4, 0.5) is 0 Å². The Bertz CT molecular complexity index is 341. The van der Waals surface area contributed by atoms with Gasteiger partial charge in [0.25, 0.3) is 0 Å². The summed E-state index contributed by atoms with van der Waals surface area (Å²) in [5.41, 5.74) is 1.68. The van der Waals surface area contributed by atoms with E-state index in [1.54, 1.807) is 7.11 Å². The van der Waals surface area contributed by atoms with Crippen molar-refractivity contribution in [3.63, 3.8) is 0 Å². The van der Waals surface area contributed by atoms with Crippen LogP contribution in [0.3, 0.4) is 0 Å². The molecule has 0 saturated carbocycles. The van der Waals surface area contributed by atoms with Crippen LogP contribution >= 0.6 is 22.6 Å². The molecule has 1 aromatic rings. The lowest BCUT2D eigenvalue weighted by molar-refractivity contribution is 0.410. The minimum atomic E-state index is 0.599. The molecule has 3 heteroatoms. The number of halogens is 1. The first-order valence-corrected chi connectivity index (χ1v) is 4.51. The Balaban J connectivity index is 3.36. The van der Waals surface area contributed by atoms with E-state index in [4.69, 9.17) is 10.00 Å². The number of nitriles is 1. The second kappa shape index (κ2) is 3.76. The molecule has 0 fully saturated rings. The van der Waals surface area contributed by atoms with Crippen molar-refractivity contribution in [2.24, 2.45) is 0 Å². The number of hydrogen-bond acceptors (Lipinski definition) is 2. The molecule has 0 radical (unpaired) electrons. The van der Waals surface area contributed by atoms with Gasteiger partial charge in [0, 0.05) is 0 Å². The summed E-state index contributed by atoms with van der Waals surface area (Å²) in [4.78, 5) is 0. The molecule has 0 N–H and O–H groups in total. The van der Waals surface area contributed by atoms with Crippen LogP contribution in [0.5, 0.6) is 5.75 Å². The van der Waals surface area contributed by atoms with Crippen molar-refractivity contribution in [1.82, 2.24) is 0 Å². The molecule has 0 heterocycles. The lowest BCUT2D eigenvalue weighted by atomic mass is 10.1. The third kappa shape index (κ3) is 1.69. The molecular formula is C9H8INO. The van der Waals surface area contributed by atoms with Gasteiger partial charge in [0.1, 0.15) is 11.8 Å². The molecule has 0 saturated heterocycles. The average Bonchev–Trinajstić information content (AvgIpc) is 2.03. The number of aryl methyl sites for hydroxylation is 1. The molecule has 0 aliphatic rings. The molecule has 0 unspecified atom stereocenters. The van der Waals surface area contributed by atoms with Crippen molar-refractivity contribution in [3.05, 3.63) is 26.8 Å². The Morgan fingerprint density at radius 1 is 1.50 bits per heavy atom. The van der Waals surface area contributed by atoms with Crippen molar-refractivity contribution in [3.8, 4) is 11.8 Å². The van der Waals surface area contributed by atoms with Crippen molar-refractivity contribution in [2.45, 2.75) is 6.92 Å². The fourth-order valence-electron chi connectivity index (χ4n) is 1.02. The van der Waals surface area contributed by atoms with Gasteiger partial charge >= 0.3 is 0 Å². The van der Waals surface area contributed by atoms with Crippen molar-refractivity contribution in [1.29, 1.82) is 5.26 Å². The summed E-state index contributed by atoms with van der Waals surface area (Å²) < 4.78 is 6.07. The summed E-state index contributed by atoms with van der Waals surface area (Å²) in [6.07, 6.45) is 0. The Kier molecular flexibility index (Phi) is 2.93. The van der Waals surface area contributed by atoms with E-state index in [1.165, 1.54) is 0 Å². The van der Waals surface area contributed by atoms with E-state index in [2.05, 4.69) is 28.7 Å². The number of ether oxygens (including phenoxy) is 1. The van der Waals surface area contributed by atoms with Gasteiger partial charge in [-0.15, -0.1) is 0 Å². The Morgan fingerprint density at radius 3 is 2.67 bits per heavy atom. The van der Waals surface area contributed by atoms with E-state index in [9.17, 15) is 0 Å². The number of nitrogens with zero attached hydrogens (tertiary/aromatic N) is 1. The van der Waals surface area contributed by atoms with Crippen molar-refractivity contribution >= 4 is 22.6 Å². The van der Waals surface area contributed by atoms with Gasteiger partial charge in [0.05, 0.1) is 16.2 Å². The number of methoxy groups -OCH3 is 1. The van der Waals surface area contributed by atoms with Gasteiger partial charge in [-0.3, -0.25) is 0 Å². The summed E-state index contributed by atoms with van der Waals surface area (Å²) in [6, 6.07) is 5.91. The van der Waals surface area contributed by atoms with Gasteiger partial charge in [0.2, 0.25) is 0 Å². The monoisotopic (exact) mass is 273 g/mol. The molecule has 0 aliphatic heterocycles. The van der Waals surface area contributed by atoms with Gasteiger partial charge in [-0.25, -0.2) is 0 Å². The minimum Gasteiger partial charge on any atom is -0.494 e. The van der Waals surface area contributed by atoms with Crippen LogP contribution in [0.25, 0.3) is 0 Å². The maximum absolute atomic E-state index is 8.77. The smallest absolute Gasteiger partial charge is 0.149 e. The van der Waals surface area contributed by atoms with E-state index in [0.29, 0.717) is 11.3 Å². The second-order valence-corrected chi connectivity index (χ2v) is 3.60. The molecule has 0 aliphatic carbocycles. The molecule has 0 spiro atoms. The molecule has 0 amide bonds. The van der Waals surface area contributed by atoms with Gasteiger partial charge in [0.15, 0.2) is 0 Å². The first kappa shape index (κ1) is 9.33. The minimum absolute atomic E-state index is 0.599. The Labute approximate surface area is 85.3 Å². The largest absolute Gasteiger partial charge is 0.494 e. The van der Waals surface area contributed by atoms with E-state index < -0.39 is 0 Å². The maximum atomic E-state index is 8.77. The zero-order chi connectivity index (χ0) is 9.14. The van der Waals surface area contributed by atoms with Crippen LogP contribution < -0.4 is 4.74 Å². The SMILES string of the molecule is COc1c(I)cc(C)cc1C#N. The molecule has 1 rings (SSSR count). The second-order valence-electron chi connectivity index (χ2n) is 2.44. The fraction of sp³-hybridized carbons (Fsp3) is 0.222. The van der Waals surface area contributed by atoms with E-state index in [0.717, 1.165) is 9.13 Å². The third-order valence-corrected chi connectivity index (χ3v) is 2.31. The zero-order valence-electron chi connectivity index (χ0n) is 6.89. The summed E-state index contributed by atoms with van der Waals surface area (Å²) in [6.45, 7) is 1.96. The Morgan fingerprint density at radius 2 is 2.17 bits per heavy atom. The molecule has 0 bridgehead atoms. The van der Waals surface area contributed by atoms with Crippen molar-refractivity contribution in [2.75, 3.05) is 7.11 Å². The summed E-state index contributed by atoms with van der Waals surface area (Å²) in [7, 11) is 1.58. The predicted molar refractivity (Wildman–Crippen MR) is 55.2 cm³/mol. The van der Waals surface area contributed by atoms with Gasteiger partial charge in [-0.05, 0) is 47.2 Å². The lowest BCUT2D eigenvalue weighted by Crippen LogP contribution is -1.92. The number of hydrogen-bond donors (Lipinski definition) is 0. The Hall–Kier alpha value is -0.760. The topological polar surface area (TPSA) is 33.0 Å². The van der Waals surface area contributed by atoms with E-state index >= 15 is 0 Å². The van der Waals surface area contributed by atoms with Crippen LogP contribution in [0.2, 0.25) is 0 Å². The highest BCUT2D eigenvalue weighted by Crippen LogP contribution is 2.26. The number of rotatable bonds is 1. The quantitative estimate of drug-likeness (QED) is 0.736. The summed E-state index contributed by atoms with van der Waals surface area (Å²) in [5.74, 6) is 0.670. The highest BCUT2D eigenvalue weighted by Gasteiger charge is 2.06. The van der Waals surface area contributed by atoms with Crippen LogP contribution in [-0.4, -0.2) is 7.11 Å². The standard InChI is InChI=1S/C9H8INO/c1-6-3-7(5-11)9(12-2)8(10)4-6/h3-4H,1-2H3. The third-order valence-electron chi connectivity index (χ3n) is 1.51. The highest BCUT2D eigenvalue weighted by molar-refractivity contribution is 14.1. The fourth-order valence-corrected chi connectivity index (χ4v) is 2.02. The maximum Gasteiger partial charge on any atom is 0.149 e. The molecule has 62 valence electrons. The van der Waals surface area contributed by atoms with Crippen LogP contribution in [-0.2, 0) is 0 Å². The number of benzene rings is 1. The summed E-state index contributed by atoms with van der Waals surface area (Å²) >= 11 is 2.16. The van der Waals surface area contributed by atoms with Crippen LogP contribution in [0.15, 0.2) is 12.1 Å². The van der Waals surface area contributed by atoms with Crippen LogP contribution in [0, 0.1) is 21.8 Å². The predicted octanol–water partition coefficient (Wildman–Crippen LogP) is 2.48. The molecular weight excluding hydrogens is 265 g/mol. The van der Waals surface area contributed by atoms with Gasteiger partial charge in [-0.1, -0.05) is 0 Å². The molecule has 2 nitrogen and oxygen atoms in total. The van der Waals surface area contributed by atoms with E-state index in [-0.39, 0.29) is 0 Å². The first-order valence-electron chi connectivity index (χ1n) is 3.43. The highest BCUT2D eigenvalue weighted by atomic mass is 127. The van der Waals surface area contributed by atoms with Gasteiger partial charge in [-0.2, -0.15) is 5.26 Å².